The van der Waals surface area contributed by atoms with Crippen LogP contribution >= 0.6 is 0 Å². The van der Waals surface area contributed by atoms with E-state index in [2.05, 4.69) is 25.5 Å². The molecule has 0 saturated carbocycles. The maximum atomic E-state index is 13.0. The molecule has 2 aromatic heterocycles. The van der Waals surface area contributed by atoms with E-state index in [4.69, 9.17) is 0 Å². The fourth-order valence-corrected chi connectivity index (χ4v) is 2.89. The Balaban J connectivity index is 1.60. The van der Waals surface area contributed by atoms with Gasteiger partial charge in [0.2, 0.25) is 0 Å². The summed E-state index contributed by atoms with van der Waals surface area (Å²) in [5.74, 6) is 0.672. The Morgan fingerprint density at radius 2 is 1.72 bits per heavy atom. The Kier molecular flexibility index (Phi) is 4.99. The minimum Gasteiger partial charge on any atom is -0.380 e. The van der Waals surface area contributed by atoms with Crippen LogP contribution in [0, 0.1) is 0 Å². The molecule has 4 aromatic rings. The summed E-state index contributed by atoms with van der Waals surface area (Å²) in [5.41, 5.74) is 2.23. The molecule has 146 valence electrons. The Labute approximate surface area is 164 Å². The van der Waals surface area contributed by atoms with Crippen LogP contribution in [0.4, 0.5) is 18.9 Å². The molecule has 8 heteroatoms. The fraction of sp³-hybridized carbons (Fsp3) is 0.0952. The lowest BCUT2D eigenvalue weighted by molar-refractivity contribution is -0.137. The van der Waals surface area contributed by atoms with Crippen molar-refractivity contribution in [2.45, 2.75) is 12.7 Å². The molecule has 4 rings (SSSR count). The number of hydrogen-bond donors (Lipinski definition) is 2. The van der Waals surface area contributed by atoms with Crippen molar-refractivity contribution < 1.29 is 13.2 Å². The molecule has 2 heterocycles. The summed E-state index contributed by atoms with van der Waals surface area (Å²) in [6, 6.07) is 16.3. The molecule has 0 aliphatic heterocycles. The van der Waals surface area contributed by atoms with Crippen molar-refractivity contribution in [2.24, 2.45) is 0 Å². The van der Waals surface area contributed by atoms with Crippen LogP contribution in [-0.2, 0) is 12.7 Å². The van der Waals surface area contributed by atoms with Gasteiger partial charge in [0.25, 0.3) is 0 Å². The smallest absolute Gasteiger partial charge is 0.380 e. The number of nitrogens with one attached hydrogen (secondary N) is 2. The molecule has 0 aliphatic carbocycles. The molecule has 0 aliphatic rings. The van der Waals surface area contributed by atoms with E-state index in [1.807, 2.05) is 36.4 Å². The molecule has 0 atom stereocenters. The van der Waals surface area contributed by atoms with Crippen LogP contribution in [0.2, 0.25) is 0 Å². The van der Waals surface area contributed by atoms with Gasteiger partial charge in [0, 0.05) is 35.8 Å². The standard InChI is InChI=1S/C21H16F3N5/c22-21(23,24)16-5-3-4-15(12-16)19-27-20(29-28-19)17-6-1-2-7-18(17)26-13-14-8-10-25-11-9-14/h1-12,26H,13H2,(H,27,28,29). The topological polar surface area (TPSA) is 66.5 Å². The molecular formula is C21H16F3N5. The molecule has 0 saturated heterocycles. The number of hydrogen-bond acceptors (Lipinski definition) is 4. The van der Waals surface area contributed by atoms with E-state index < -0.39 is 11.7 Å². The maximum Gasteiger partial charge on any atom is 0.416 e. The van der Waals surface area contributed by atoms with Crippen LogP contribution < -0.4 is 5.32 Å². The Morgan fingerprint density at radius 1 is 0.931 bits per heavy atom. The summed E-state index contributed by atoms with van der Waals surface area (Å²) in [6.45, 7) is 0.591. The second-order valence-corrected chi connectivity index (χ2v) is 6.34. The number of anilines is 1. The fourth-order valence-electron chi connectivity index (χ4n) is 2.89. The van der Waals surface area contributed by atoms with E-state index in [-0.39, 0.29) is 5.82 Å². The average Bonchev–Trinajstić information content (AvgIpc) is 3.23. The van der Waals surface area contributed by atoms with E-state index in [0.717, 1.165) is 28.9 Å². The summed E-state index contributed by atoms with van der Waals surface area (Å²) >= 11 is 0. The van der Waals surface area contributed by atoms with Crippen molar-refractivity contribution in [3.8, 4) is 22.8 Å². The molecule has 0 spiro atoms. The van der Waals surface area contributed by atoms with E-state index in [1.165, 1.54) is 6.07 Å². The summed E-state index contributed by atoms with van der Waals surface area (Å²) in [7, 11) is 0. The van der Waals surface area contributed by atoms with Crippen LogP contribution in [0.25, 0.3) is 22.8 Å². The lowest BCUT2D eigenvalue weighted by atomic mass is 10.1. The van der Waals surface area contributed by atoms with Gasteiger partial charge in [-0.2, -0.15) is 18.3 Å². The molecule has 2 aromatic carbocycles. The summed E-state index contributed by atoms with van der Waals surface area (Å²) in [5, 5.41) is 10.3. The van der Waals surface area contributed by atoms with Crippen LogP contribution in [0.1, 0.15) is 11.1 Å². The average molecular weight is 395 g/mol. The van der Waals surface area contributed by atoms with Crippen LogP contribution in [0.3, 0.4) is 0 Å². The number of aromatic amines is 1. The highest BCUT2D eigenvalue weighted by atomic mass is 19.4. The van der Waals surface area contributed by atoms with Gasteiger partial charge in [-0.05, 0) is 42.0 Å². The number of aromatic nitrogens is 4. The van der Waals surface area contributed by atoms with Crippen molar-refractivity contribution in [1.29, 1.82) is 0 Å². The van der Waals surface area contributed by atoms with Crippen molar-refractivity contribution >= 4 is 5.69 Å². The van der Waals surface area contributed by atoms with Crippen LogP contribution in [0.15, 0.2) is 73.1 Å². The van der Waals surface area contributed by atoms with Crippen LogP contribution in [-0.4, -0.2) is 20.2 Å². The summed E-state index contributed by atoms with van der Waals surface area (Å²) in [6.07, 6.45) is -0.972. The Bertz CT molecular complexity index is 1110. The van der Waals surface area contributed by atoms with Gasteiger partial charge >= 0.3 is 6.18 Å². The van der Waals surface area contributed by atoms with Gasteiger partial charge in [-0.3, -0.25) is 10.1 Å². The zero-order valence-electron chi connectivity index (χ0n) is 15.1. The summed E-state index contributed by atoms with van der Waals surface area (Å²) in [4.78, 5) is 8.40. The number of nitrogens with zero attached hydrogens (tertiary/aromatic N) is 3. The van der Waals surface area contributed by atoms with Crippen molar-refractivity contribution in [1.82, 2.24) is 20.2 Å². The van der Waals surface area contributed by atoms with Gasteiger partial charge in [-0.15, -0.1) is 0 Å². The molecular weight excluding hydrogens is 379 g/mol. The SMILES string of the molecule is FC(F)(F)c1cccc(-c2n[nH]c(-c3ccccc3NCc3ccncc3)n2)c1. The van der Waals surface area contributed by atoms with Crippen LogP contribution in [0.5, 0.6) is 0 Å². The first-order valence-electron chi connectivity index (χ1n) is 8.83. The highest BCUT2D eigenvalue weighted by Crippen LogP contribution is 2.32. The predicted octanol–water partition coefficient (Wildman–Crippen LogP) is 5.16. The molecule has 0 fully saturated rings. The number of alkyl halides is 3. The number of H-pyrrole nitrogens is 1. The second kappa shape index (κ2) is 7.75. The normalized spacial score (nSPS) is 11.4. The first-order chi connectivity index (χ1) is 14.0. The van der Waals surface area contributed by atoms with E-state index in [1.54, 1.807) is 18.5 Å². The number of rotatable bonds is 5. The molecule has 29 heavy (non-hydrogen) atoms. The number of para-hydroxylation sites is 1. The summed E-state index contributed by atoms with van der Waals surface area (Å²) < 4.78 is 38.9. The highest BCUT2D eigenvalue weighted by Gasteiger charge is 2.30. The molecule has 0 radical (unpaired) electrons. The first-order valence-corrected chi connectivity index (χ1v) is 8.83. The molecule has 0 bridgehead atoms. The Hall–Kier alpha value is -3.68. The molecule has 2 N–H and O–H groups in total. The number of halogens is 3. The predicted molar refractivity (Wildman–Crippen MR) is 104 cm³/mol. The first kappa shape index (κ1) is 18.7. The third-order valence-corrected chi connectivity index (χ3v) is 4.35. The zero-order chi connectivity index (χ0) is 20.3. The third kappa shape index (κ3) is 4.26. The Morgan fingerprint density at radius 3 is 2.52 bits per heavy atom. The lowest BCUT2D eigenvalue weighted by Crippen LogP contribution is -2.04. The maximum absolute atomic E-state index is 13.0. The minimum atomic E-state index is -4.42. The van der Waals surface area contributed by atoms with Gasteiger partial charge in [-0.25, -0.2) is 4.98 Å². The van der Waals surface area contributed by atoms with Gasteiger partial charge in [0.05, 0.1) is 5.56 Å². The van der Waals surface area contributed by atoms with Gasteiger partial charge < -0.3 is 5.32 Å². The lowest BCUT2D eigenvalue weighted by Gasteiger charge is -2.10. The van der Waals surface area contributed by atoms with E-state index >= 15 is 0 Å². The van der Waals surface area contributed by atoms with Crippen molar-refractivity contribution in [2.75, 3.05) is 5.32 Å². The largest absolute Gasteiger partial charge is 0.416 e. The van der Waals surface area contributed by atoms with Gasteiger partial charge in [0.1, 0.15) is 0 Å². The molecule has 0 amide bonds. The van der Waals surface area contributed by atoms with Gasteiger partial charge in [-0.1, -0.05) is 24.3 Å². The zero-order valence-corrected chi connectivity index (χ0v) is 15.1. The molecule has 5 nitrogen and oxygen atoms in total. The minimum absolute atomic E-state index is 0.204. The number of pyridine rings is 1. The molecule has 0 unspecified atom stereocenters. The quantitative estimate of drug-likeness (QED) is 0.490. The highest BCUT2D eigenvalue weighted by molar-refractivity contribution is 5.74. The number of benzene rings is 2. The van der Waals surface area contributed by atoms with Crippen molar-refractivity contribution in [3.05, 3.63) is 84.2 Å². The monoisotopic (exact) mass is 395 g/mol. The third-order valence-electron chi connectivity index (χ3n) is 4.35. The van der Waals surface area contributed by atoms with Gasteiger partial charge in [0.15, 0.2) is 11.6 Å². The van der Waals surface area contributed by atoms with E-state index in [9.17, 15) is 13.2 Å². The van der Waals surface area contributed by atoms with E-state index in [0.29, 0.717) is 17.9 Å². The second-order valence-electron chi connectivity index (χ2n) is 6.34. The van der Waals surface area contributed by atoms with Crippen molar-refractivity contribution in [3.63, 3.8) is 0 Å².